The molecule has 0 spiro atoms. The van der Waals surface area contributed by atoms with Gasteiger partial charge >= 0.3 is 0 Å². The van der Waals surface area contributed by atoms with Crippen molar-refractivity contribution in [1.82, 2.24) is 9.88 Å². The molecule has 0 bridgehead atoms. The molecule has 122 valence electrons. The van der Waals surface area contributed by atoms with Crippen LogP contribution in [0.2, 0.25) is 0 Å². The number of nitrogens with zero attached hydrogens (tertiary/aromatic N) is 1. The van der Waals surface area contributed by atoms with E-state index in [0.29, 0.717) is 12.3 Å². The number of halogens is 1. The van der Waals surface area contributed by atoms with Crippen LogP contribution in [-0.4, -0.2) is 28.1 Å². The number of para-hydroxylation sites is 1. The molecule has 4 rings (SSSR count). The van der Waals surface area contributed by atoms with Gasteiger partial charge in [-0.3, -0.25) is 4.79 Å². The lowest BCUT2D eigenvalue weighted by Crippen LogP contribution is -2.36. The van der Waals surface area contributed by atoms with E-state index in [4.69, 9.17) is 0 Å². The number of H-pyrrole nitrogens is 1. The standard InChI is InChI=1S/C19H17BrN2OS/c20-15-6-2-4-8-18(15)24-12-19(23)22-10-9-17-14(11-22)13-5-1-3-7-16(13)21-17/h1-8,21H,9-12H2. The first-order valence-electron chi connectivity index (χ1n) is 7.96. The fourth-order valence-electron chi connectivity index (χ4n) is 3.17. The maximum atomic E-state index is 12.6. The van der Waals surface area contributed by atoms with Crippen molar-refractivity contribution >= 4 is 44.5 Å². The van der Waals surface area contributed by atoms with Crippen LogP contribution in [0, 0.1) is 0 Å². The predicted octanol–water partition coefficient (Wildman–Crippen LogP) is 4.61. The third kappa shape index (κ3) is 2.98. The van der Waals surface area contributed by atoms with Crippen molar-refractivity contribution in [3.8, 4) is 0 Å². The topological polar surface area (TPSA) is 36.1 Å². The minimum Gasteiger partial charge on any atom is -0.358 e. The normalized spacial score (nSPS) is 14.0. The highest BCUT2D eigenvalue weighted by Crippen LogP contribution is 2.30. The van der Waals surface area contributed by atoms with E-state index < -0.39 is 0 Å². The highest BCUT2D eigenvalue weighted by Gasteiger charge is 2.23. The summed E-state index contributed by atoms with van der Waals surface area (Å²) in [7, 11) is 0. The van der Waals surface area contributed by atoms with Crippen molar-refractivity contribution in [3.05, 3.63) is 64.3 Å². The fourth-order valence-corrected chi connectivity index (χ4v) is 4.64. The van der Waals surface area contributed by atoms with E-state index >= 15 is 0 Å². The number of aromatic amines is 1. The number of amides is 1. The summed E-state index contributed by atoms with van der Waals surface area (Å²) in [4.78, 5) is 19.2. The number of carbonyl (C=O) groups excluding carboxylic acids is 1. The number of thioether (sulfide) groups is 1. The van der Waals surface area contributed by atoms with Gasteiger partial charge in [-0.15, -0.1) is 11.8 Å². The zero-order valence-electron chi connectivity index (χ0n) is 13.1. The van der Waals surface area contributed by atoms with Gasteiger partial charge in [0.2, 0.25) is 5.91 Å². The second-order valence-electron chi connectivity index (χ2n) is 5.91. The van der Waals surface area contributed by atoms with E-state index in [-0.39, 0.29) is 5.91 Å². The van der Waals surface area contributed by atoms with Gasteiger partial charge in [-0.05, 0) is 34.1 Å². The number of fused-ring (bicyclic) bond motifs is 3. The number of nitrogens with one attached hydrogen (secondary N) is 1. The summed E-state index contributed by atoms with van der Waals surface area (Å²) in [5.41, 5.74) is 3.72. The molecule has 0 unspecified atom stereocenters. The van der Waals surface area contributed by atoms with E-state index in [1.54, 1.807) is 11.8 Å². The van der Waals surface area contributed by atoms with Crippen molar-refractivity contribution in [3.63, 3.8) is 0 Å². The third-order valence-corrected chi connectivity index (χ3v) is 6.44. The summed E-state index contributed by atoms with van der Waals surface area (Å²) < 4.78 is 1.04. The number of hydrogen-bond donors (Lipinski definition) is 1. The van der Waals surface area contributed by atoms with Crippen molar-refractivity contribution in [2.24, 2.45) is 0 Å². The highest BCUT2D eigenvalue weighted by molar-refractivity contribution is 9.10. The summed E-state index contributed by atoms with van der Waals surface area (Å²) in [5, 5.41) is 1.24. The summed E-state index contributed by atoms with van der Waals surface area (Å²) in [6.45, 7) is 1.49. The molecule has 2 aromatic carbocycles. The Morgan fingerprint density at radius 1 is 1.17 bits per heavy atom. The second kappa shape index (κ2) is 6.65. The lowest BCUT2D eigenvalue weighted by atomic mass is 10.0. The Morgan fingerprint density at radius 2 is 1.96 bits per heavy atom. The minimum atomic E-state index is 0.201. The van der Waals surface area contributed by atoms with Crippen LogP contribution < -0.4 is 0 Å². The number of rotatable bonds is 3. The Kier molecular flexibility index (Phi) is 4.37. The van der Waals surface area contributed by atoms with Gasteiger partial charge in [-0.2, -0.15) is 0 Å². The van der Waals surface area contributed by atoms with Gasteiger partial charge in [0.25, 0.3) is 0 Å². The van der Waals surface area contributed by atoms with Gasteiger partial charge < -0.3 is 9.88 Å². The van der Waals surface area contributed by atoms with Crippen LogP contribution in [0.3, 0.4) is 0 Å². The van der Waals surface area contributed by atoms with E-state index in [1.165, 1.54) is 22.2 Å². The van der Waals surface area contributed by atoms with E-state index in [9.17, 15) is 4.79 Å². The van der Waals surface area contributed by atoms with Crippen molar-refractivity contribution in [1.29, 1.82) is 0 Å². The smallest absolute Gasteiger partial charge is 0.233 e. The van der Waals surface area contributed by atoms with Crippen molar-refractivity contribution < 1.29 is 4.79 Å². The van der Waals surface area contributed by atoms with Crippen LogP contribution in [0.25, 0.3) is 10.9 Å². The van der Waals surface area contributed by atoms with Crippen LogP contribution in [0.4, 0.5) is 0 Å². The van der Waals surface area contributed by atoms with Crippen LogP contribution in [-0.2, 0) is 17.8 Å². The van der Waals surface area contributed by atoms with Crippen LogP contribution >= 0.6 is 27.7 Å². The first kappa shape index (κ1) is 15.8. The first-order valence-corrected chi connectivity index (χ1v) is 9.74. The average molecular weight is 401 g/mol. The molecule has 2 heterocycles. The molecule has 0 saturated carbocycles. The number of benzene rings is 2. The summed E-state index contributed by atoms with van der Waals surface area (Å²) in [6.07, 6.45) is 0.898. The molecule has 0 atom stereocenters. The molecule has 0 fully saturated rings. The van der Waals surface area contributed by atoms with Crippen molar-refractivity contribution in [2.75, 3.05) is 12.3 Å². The van der Waals surface area contributed by atoms with Crippen molar-refractivity contribution in [2.45, 2.75) is 17.9 Å². The number of hydrogen-bond acceptors (Lipinski definition) is 2. The second-order valence-corrected chi connectivity index (χ2v) is 7.78. The Morgan fingerprint density at radius 3 is 2.83 bits per heavy atom. The van der Waals surface area contributed by atoms with Crippen LogP contribution in [0.15, 0.2) is 57.9 Å². The van der Waals surface area contributed by atoms with E-state index in [1.807, 2.05) is 35.2 Å². The molecular formula is C19H17BrN2OS. The minimum absolute atomic E-state index is 0.201. The Balaban J connectivity index is 1.48. The van der Waals surface area contributed by atoms with Gasteiger partial charge in [0.05, 0.1) is 5.75 Å². The lowest BCUT2D eigenvalue weighted by Gasteiger charge is -2.27. The predicted molar refractivity (Wildman–Crippen MR) is 102 cm³/mol. The molecule has 1 aliphatic rings. The number of carbonyl (C=O) groups is 1. The lowest BCUT2D eigenvalue weighted by molar-refractivity contribution is -0.129. The van der Waals surface area contributed by atoms with Crippen LogP contribution in [0.5, 0.6) is 0 Å². The maximum Gasteiger partial charge on any atom is 0.233 e. The molecule has 1 aliphatic heterocycles. The maximum absolute atomic E-state index is 12.6. The monoisotopic (exact) mass is 400 g/mol. The van der Waals surface area contributed by atoms with E-state index in [0.717, 1.165) is 22.3 Å². The van der Waals surface area contributed by atoms with Gasteiger partial charge in [0, 0.05) is 51.0 Å². The molecule has 1 N–H and O–H groups in total. The highest BCUT2D eigenvalue weighted by atomic mass is 79.9. The molecule has 0 radical (unpaired) electrons. The molecule has 5 heteroatoms. The molecule has 0 saturated heterocycles. The molecular weight excluding hydrogens is 384 g/mol. The van der Waals surface area contributed by atoms with Gasteiger partial charge in [0.1, 0.15) is 0 Å². The first-order chi connectivity index (χ1) is 11.7. The summed E-state index contributed by atoms with van der Waals surface area (Å²) in [6, 6.07) is 16.4. The zero-order valence-corrected chi connectivity index (χ0v) is 15.5. The SMILES string of the molecule is O=C(CSc1ccccc1Br)N1CCc2[nH]c3ccccc3c2C1. The summed E-state index contributed by atoms with van der Waals surface area (Å²) >= 11 is 5.13. The average Bonchev–Trinajstić information content (AvgIpc) is 2.98. The van der Waals surface area contributed by atoms with E-state index in [2.05, 4.69) is 39.1 Å². The van der Waals surface area contributed by atoms with Crippen LogP contribution in [0.1, 0.15) is 11.3 Å². The van der Waals surface area contributed by atoms with Gasteiger partial charge in [-0.1, -0.05) is 30.3 Å². The molecule has 1 amide bonds. The number of aromatic nitrogens is 1. The Labute approximate surface area is 153 Å². The Hall–Kier alpha value is -1.72. The molecule has 3 aromatic rings. The quantitative estimate of drug-likeness (QED) is 0.651. The zero-order chi connectivity index (χ0) is 16.5. The Bertz CT molecular complexity index is 905. The summed E-state index contributed by atoms with van der Waals surface area (Å²) in [5.74, 6) is 0.673. The fraction of sp³-hybridized carbons (Fsp3) is 0.211. The molecule has 3 nitrogen and oxygen atoms in total. The molecule has 24 heavy (non-hydrogen) atoms. The molecule has 1 aromatic heterocycles. The molecule has 0 aliphatic carbocycles. The largest absolute Gasteiger partial charge is 0.358 e. The van der Waals surface area contributed by atoms with Gasteiger partial charge in [0.15, 0.2) is 0 Å². The third-order valence-electron chi connectivity index (χ3n) is 4.42. The van der Waals surface area contributed by atoms with Gasteiger partial charge in [-0.25, -0.2) is 0 Å².